The molecule has 0 saturated carbocycles. The first kappa shape index (κ1) is 10.3. The first-order valence-electron chi connectivity index (χ1n) is 3.13. The Balaban J connectivity index is 3.33. The molecule has 68 valence electrons. The van der Waals surface area contributed by atoms with E-state index in [1.165, 1.54) is 10.7 Å². The number of nitrogens with zero attached hydrogens (tertiary/aromatic N) is 2. The summed E-state index contributed by atoms with van der Waals surface area (Å²) >= 11 is 1.93. The normalized spacial score (nSPS) is 11.9. The zero-order valence-corrected chi connectivity index (χ0v) is 9.89. The van der Waals surface area contributed by atoms with Gasteiger partial charge in [0.2, 0.25) is 0 Å². The molecule has 1 heterocycles. The minimum absolute atomic E-state index is 0.0519. The number of halogens is 2. The monoisotopic (exact) mass is 320 g/mol. The second kappa shape index (κ2) is 3.51. The lowest BCUT2D eigenvalue weighted by Crippen LogP contribution is -2.04. The highest BCUT2D eigenvalue weighted by molar-refractivity contribution is 14.1. The summed E-state index contributed by atoms with van der Waals surface area (Å²) in [6, 6.07) is 1.44. The van der Waals surface area contributed by atoms with Gasteiger partial charge in [-0.3, -0.25) is 4.68 Å². The van der Waals surface area contributed by atoms with E-state index in [-0.39, 0.29) is 5.03 Å². The summed E-state index contributed by atoms with van der Waals surface area (Å²) in [6.45, 7) is 2.29. The average Bonchev–Trinajstić information content (AvgIpc) is 2.29. The molecule has 1 aromatic heterocycles. The van der Waals surface area contributed by atoms with Crippen molar-refractivity contribution in [1.82, 2.24) is 9.78 Å². The maximum Gasteiger partial charge on any atom is 0.278 e. The van der Waals surface area contributed by atoms with Gasteiger partial charge < -0.3 is 0 Å². The van der Waals surface area contributed by atoms with E-state index in [9.17, 15) is 8.42 Å². The standard InChI is InChI=1S/C5H6ClIN2O2S/c1-2-9-5(12(6,10)11)3-4(7)8-9/h3H,2H2,1H3. The topological polar surface area (TPSA) is 52.0 Å². The predicted octanol–water partition coefficient (Wildman–Crippen LogP) is 1.44. The van der Waals surface area contributed by atoms with Crippen LogP contribution in [0.2, 0.25) is 0 Å². The molecular weight excluding hydrogens is 314 g/mol. The average molecular weight is 321 g/mol. The Hall–Kier alpha value is 0.180. The van der Waals surface area contributed by atoms with Crippen LogP contribution in [0.5, 0.6) is 0 Å². The van der Waals surface area contributed by atoms with E-state index >= 15 is 0 Å². The highest BCUT2D eigenvalue weighted by Gasteiger charge is 2.17. The molecule has 0 N–H and O–H groups in total. The molecule has 0 unspecified atom stereocenters. The summed E-state index contributed by atoms with van der Waals surface area (Å²) in [5.41, 5.74) is 0. The summed E-state index contributed by atoms with van der Waals surface area (Å²) in [5, 5.41) is 3.99. The van der Waals surface area contributed by atoms with Gasteiger partial charge in [-0.15, -0.1) is 0 Å². The van der Waals surface area contributed by atoms with Crippen molar-refractivity contribution in [3.05, 3.63) is 9.77 Å². The van der Waals surface area contributed by atoms with Crippen LogP contribution in [0.3, 0.4) is 0 Å². The second-order valence-corrected chi connectivity index (χ2v) is 5.68. The molecule has 1 aromatic rings. The Kier molecular flexibility index (Phi) is 3.00. The molecule has 4 nitrogen and oxygen atoms in total. The van der Waals surface area contributed by atoms with E-state index < -0.39 is 9.05 Å². The molecule has 0 spiro atoms. The van der Waals surface area contributed by atoms with E-state index in [4.69, 9.17) is 10.7 Å². The van der Waals surface area contributed by atoms with Gasteiger partial charge in [0.05, 0.1) is 0 Å². The molecule has 7 heteroatoms. The van der Waals surface area contributed by atoms with Gasteiger partial charge in [0, 0.05) is 23.3 Å². The van der Waals surface area contributed by atoms with Crippen molar-refractivity contribution >= 4 is 42.3 Å². The third-order valence-electron chi connectivity index (χ3n) is 1.26. The molecule has 0 saturated heterocycles. The molecule has 1 rings (SSSR count). The van der Waals surface area contributed by atoms with Crippen LogP contribution in [0.15, 0.2) is 11.1 Å². The fourth-order valence-corrected chi connectivity index (χ4v) is 2.61. The van der Waals surface area contributed by atoms with Crippen LogP contribution < -0.4 is 0 Å². The van der Waals surface area contributed by atoms with Crippen molar-refractivity contribution in [3.8, 4) is 0 Å². The summed E-state index contributed by atoms with van der Waals surface area (Å²) in [5.74, 6) is 0. The summed E-state index contributed by atoms with van der Waals surface area (Å²) in [4.78, 5) is 0. The number of hydrogen-bond acceptors (Lipinski definition) is 3. The Bertz CT molecular complexity index is 386. The highest BCUT2D eigenvalue weighted by atomic mass is 127. The van der Waals surface area contributed by atoms with Crippen molar-refractivity contribution in [1.29, 1.82) is 0 Å². The number of aryl methyl sites for hydroxylation is 1. The predicted molar refractivity (Wildman–Crippen MR) is 53.7 cm³/mol. The Morgan fingerprint density at radius 3 is 2.67 bits per heavy atom. The first-order chi connectivity index (χ1) is 5.45. The zero-order chi connectivity index (χ0) is 9.35. The Morgan fingerprint density at radius 2 is 2.33 bits per heavy atom. The molecule has 0 bridgehead atoms. The van der Waals surface area contributed by atoms with Gasteiger partial charge in [-0.2, -0.15) is 5.10 Å². The van der Waals surface area contributed by atoms with E-state index in [0.29, 0.717) is 10.2 Å². The molecule has 0 atom stereocenters. The number of aromatic nitrogens is 2. The number of hydrogen-bond donors (Lipinski definition) is 0. The molecular formula is C5H6ClIN2O2S. The smallest absolute Gasteiger partial charge is 0.252 e. The Labute approximate surface area is 88.5 Å². The van der Waals surface area contributed by atoms with Crippen LogP contribution in [0.25, 0.3) is 0 Å². The minimum Gasteiger partial charge on any atom is -0.252 e. The van der Waals surface area contributed by atoms with Gasteiger partial charge in [-0.25, -0.2) is 8.42 Å². The third kappa shape index (κ3) is 2.11. The van der Waals surface area contributed by atoms with Gasteiger partial charge in [0.25, 0.3) is 9.05 Å². The van der Waals surface area contributed by atoms with Crippen LogP contribution in [-0.2, 0) is 15.6 Å². The van der Waals surface area contributed by atoms with Gasteiger partial charge in [-0.1, -0.05) is 0 Å². The lowest BCUT2D eigenvalue weighted by atomic mass is 10.7. The molecule has 0 amide bonds. The maximum atomic E-state index is 10.9. The van der Waals surface area contributed by atoms with Gasteiger partial charge in [0.1, 0.15) is 3.70 Å². The largest absolute Gasteiger partial charge is 0.278 e. The quantitative estimate of drug-likeness (QED) is 0.612. The molecule has 0 aliphatic heterocycles. The number of rotatable bonds is 2. The third-order valence-corrected chi connectivity index (χ3v) is 3.09. The van der Waals surface area contributed by atoms with Crippen molar-refractivity contribution in [3.63, 3.8) is 0 Å². The zero-order valence-electron chi connectivity index (χ0n) is 6.16. The first-order valence-corrected chi connectivity index (χ1v) is 6.52. The van der Waals surface area contributed by atoms with Crippen molar-refractivity contribution in [2.45, 2.75) is 18.5 Å². The maximum absolute atomic E-state index is 10.9. The van der Waals surface area contributed by atoms with Crippen LogP contribution in [0.1, 0.15) is 6.92 Å². The Morgan fingerprint density at radius 1 is 1.75 bits per heavy atom. The minimum atomic E-state index is -3.66. The lowest BCUT2D eigenvalue weighted by Gasteiger charge is -1.98. The SMILES string of the molecule is CCn1nc(I)cc1S(=O)(=O)Cl. The van der Waals surface area contributed by atoms with E-state index in [2.05, 4.69) is 5.10 Å². The van der Waals surface area contributed by atoms with Crippen molar-refractivity contribution in [2.75, 3.05) is 0 Å². The fraction of sp³-hybridized carbons (Fsp3) is 0.400. The van der Waals surface area contributed by atoms with E-state index in [1.54, 1.807) is 6.92 Å². The molecule has 0 aliphatic carbocycles. The summed E-state index contributed by atoms with van der Waals surface area (Å²) in [6.07, 6.45) is 0. The summed E-state index contributed by atoms with van der Waals surface area (Å²) in [7, 11) is 1.51. The van der Waals surface area contributed by atoms with Crippen molar-refractivity contribution < 1.29 is 8.42 Å². The van der Waals surface area contributed by atoms with Gasteiger partial charge >= 0.3 is 0 Å². The highest BCUT2D eigenvalue weighted by Crippen LogP contribution is 2.17. The van der Waals surface area contributed by atoms with E-state index in [1.807, 2.05) is 22.6 Å². The van der Waals surface area contributed by atoms with Crippen LogP contribution >= 0.6 is 33.3 Å². The van der Waals surface area contributed by atoms with Crippen LogP contribution in [-0.4, -0.2) is 18.2 Å². The van der Waals surface area contributed by atoms with Crippen LogP contribution in [0.4, 0.5) is 0 Å². The molecule has 0 radical (unpaired) electrons. The van der Waals surface area contributed by atoms with Gasteiger partial charge in [-0.05, 0) is 29.5 Å². The molecule has 0 fully saturated rings. The fourth-order valence-electron chi connectivity index (χ4n) is 0.793. The van der Waals surface area contributed by atoms with Crippen LogP contribution in [0, 0.1) is 3.70 Å². The molecule has 12 heavy (non-hydrogen) atoms. The lowest BCUT2D eigenvalue weighted by molar-refractivity contribution is 0.563. The van der Waals surface area contributed by atoms with Crippen molar-refractivity contribution in [2.24, 2.45) is 0 Å². The van der Waals surface area contributed by atoms with E-state index in [0.717, 1.165) is 0 Å². The summed E-state index contributed by atoms with van der Waals surface area (Å²) < 4.78 is 23.8. The second-order valence-electron chi connectivity index (χ2n) is 2.06. The molecule has 0 aliphatic rings. The molecule has 0 aromatic carbocycles. The van der Waals surface area contributed by atoms with Gasteiger partial charge in [0.15, 0.2) is 5.03 Å².